The standard InChI is InChI=1S/C19H22O4/c20-18-8-7-16-15-3-1-11-9-12(23-10-19(21)22)2-4-13(11)14(15)5-6-17(16)18/h2,4,9,14-17H,1,3,5-8,10H2,(H,21,22). The van der Waals surface area contributed by atoms with Crippen molar-refractivity contribution >= 4 is 11.8 Å². The van der Waals surface area contributed by atoms with Crippen LogP contribution in [0.5, 0.6) is 5.75 Å². The molecule has 23 heavy (non-hydrogen) atoms. The SMILES string of the molecule is O=C(O)COc1ccc2c(c1)CCC1C2CCC2C(=O)CCC21. The molecular formula is C19H22O4. The van der Waals surface area contributed by atoms with Gasteiger partial charge in [0.2, 0.25) is 0 Å². The molecule has 2 saturated carbocycles. The molecule has 4 nitrogen and oxygen atoms in total. The van der Waals surface area contributed by atoms with Crippen molar-refractivity contribution in [2.45, 2.75) is 44.4 Å². The molecule has 3 aliphatic carbocycles. The van der Waals surface area contributed by atoms with Gasteiger partial charge in [-0.3, -0.25) is 4.79 Å². The van der Waals surface area contributed by atoms with Crippen molar-refractivity contribution in [3.8, 4) is 5.75 Å². The minimum Gasteiger partial charge on any atom is -0.482 e. The van der Waals surface area contributed by atoms with E-state index in [4.69, 9.17) is 9.84 Å². The van der Waals surface area contributed by atoms with Crippen molar-refractivity contribution in [1.82, 2.24) is 0 Å². The molecule has 1 aromatic carbocycles. The highest BCUT2D eigenvalue weighted by molar-refractivity contribution is 5.83. The Morgan fingerprint density at radius 1 is 1.09 bits per heavy atom. The summed E-state index contributed by atoms with van der Waals surface area (Å²) in [5, 5.41) is 8.72. The number of aryl methyl sites for hydroxylation is 1. The van der Waals surface area contributed by atoms with E-state index < -0.39 is 5.97 Å². The monoisotopic (exact) mass is 314 g/mol. The van der Waals surface area contributed by atoms with Gasteiger partial charge in [0.15, 0.2) is 6.61 Å². The molecule has 1 N–H and O–H groups in total. The Morgan fingerprint density at radius 3 is 2.65 bits per heavy atom. The van der Waals surface area contributed by atoms with E-state index in [0.717, 1.165) is 38.5 Å². The maximum atomic E-state index is 12.0. The zero-order valence-electron chi connectivity index (χ0n) is 13.2. The van der Waals surface area contributed by atoms with Crippen LogP contribution in [0.15, 0.2) is 18.2 Å². The first kappa shape index (κ1) is 14.7. The van der Waals surface area contributed by atoms with E-state index >= 15 is 0 Å². The van der Waals surface area contributed by atoms with Gasteiger partial charge in [0.1, 0.15) is 11.5 Å². The molecule has 0 bridgehead atoms. The van der Waals surface area contributed by atoms with Gasteiger partial charge in [-0.05, 0) is 73.1 Å². The first-order chi connectivity index (χ1) is 11.1. The lowest BCUT2D eigenvalue weighted by Gasteiger charge is -2.43. The third kappa shape index (κ3) is 2.54. The van der Waals surface area contributed by atoms with Crippen molar-refractivity contribution < 1.29 is 19.4 Å². The highest BCUT2D eigenvalue weighted by Crippen LogP contribution is 2.54. The molecule has 0 spiro atoms. The zero-order valence-corrected chi connectivity index (χ0v) is 13.2. The van der Waals surface area contributed by atoms with Crippen LogP contribution in [0.25, 0.3) is 0 Å². The largest absolute Gasteiger partial charge is 0.482 e. The summed E-state index contributed by atoms with van der Waals surface area (Å²) in [6, 6.07) is 6.04. The number of ketones is 1. The summed E-state index contributed by atoms with van der Waals surface area (Å²) in [6.07, 6.45) is 6.18. The molecule has 2 fully saturated rings. The molecule has 0 radical (unpaired) electrons. The van der Waals surface area contributed by atoms with Gasteiger partial charge in [-0.25, -0.2) is 4.79 Å². The third-order valence-corrected chi connectivity index (χ3v) is 6.13. The quantitative estimate of drug-likeness (QED) is 0.930. The first-order valence-electron chi connectivity index (χ1n) is 8.63. The van der Waals surface area contributed by atoms with E-state index in [1.807, 2.05) is 12.1 Å². The highest BCUT2D eigenvalue weighted by Gasteiger charge is 2.47. The van der Waals surface area contributed by atoms with Gasteiger partial charge >= 0.3 is 5.97 Å². The van der Waals surface area contributed by atoms with Crippen LogP contribution < -0.4 is 4.74 Å². The van der Waals surface area contributed by atoms with Crippen LogP contribution in [0.1, 0.15) is 49.1 Å². The van der Waals surface area contributed by atoms with E-state index in [1.54, 1.807) is 0 Å². The van der Waals surface area contributed by atoms with Crippen LogP contribution in [0.3, 0.4) is 0 Å². The summed E-state index contributed by atoms with van der Waals surface area (Å²) in [5.74, 6) is 2.34. The lowest BCUT2D eigenvalue weighted by atomic mass is 9.61. The Balaban J connectivity index is 1.56. The predicted octanol–water partition coefficient (Wildman–Crippen LogP) is 3.19. The number of aliphatic carboxylic acids is 1. The van der Waals surface area contributed by atoms with Crippen LogP contribution in [-0.2, 0) is 16.0 Å². The van der Waals surface area contributed by atoms with E-state index in [2.05, 4.69) is 6.07 Å². The molecule has 1 aromatic rings. The molecule has 4 rings (SSSR count). The molecule has 0 aromatic heterocycles. The van der Waals surface area contributed by atoms with E-state index in [-0.39, 0.29) is 6.61 Å². The van der Waals surface area contributed by atoms with E-state index in [1.165, 1.54) is 11.1 Å². The number of rotatable bonds is 3. The molecule has 4 unspecified atom stereocenters. The fourth-order valence-corrected chi connectivity index (χ4v) is 5.21. The number of benzene rings is 1. The zero-order chi connectivity index (χ0) is 16.0. The Hall–Kier alpha value is -1.84. The second kappa shape index (κ2) is 5.66. The average Bonchev–Trinajstić information content (AvgIpc) is 2.94. The minimum absolute atomic E-state index is 0.295. The Labute approximate surface area is 135 Å². The first-order valence-corrected chi connectivity index (χ1v) is 8.63. The molecule has 0 aliphatic heterocycles. The minimum atomic E-state index is -0.952. The highest BCUT2D eigenvalue weighted by atomic mass is 16.5. The van der Waals surface area contributed by atoms with Crippen molar-refractivity contribution in [3.05, 3.63) is 29.3 Å². The van der Waals surface area contributed by atoms with Gasteiger partial charge in [-0.1, -0.05) is 6.07 Å². The number of carboxylic acid groups (broad SMARTS) is 1. The third-order valence-electron chi connectivity index (χ3n) is 6.13. The summed E-state index contributed by atoms with van der Waals surface area (Å²) in [5.41, 5.74) is 2.71. The number of ether oxygens (including phenoxy) is 1. The average molecular weight is 314 g/mol. The summed E-state index contributed by atoms with van der Waals surface area (Å²) < 4.78 is 5.31. The summed E-state index contributed by atoms with van der Waals surface area (Å²) >= 11 is 0. The lowest BCUT2D eigenvalue weighted by molar-refractivity contribution is -0.139. The topological polar surface area (TPSA) is 63.6 Å². The number of carboxylic acids is 1. The van der Waals surface area contributed by atoms with Gasteiger partial charge in [-0.2, -0.15) is 0 Å². The maximum Gasteiger partial charge on any atom is 0.341 e. The Kier molecular flexibility index (Phi) is 3.63. The number of fused-ring (bicyclic) bond motifs is 5. The number of Topliss-reactive ketones (excluding diaryl/α,β-unsaturated/α-hetero) is 1. The molecule has 4 atom stereocenters. The van der Waals surface area contributed by atoms with Crippen LogP contribution in [0, 0.1) is 17.8 Å². The lowest BCUT2D eigenvalue weighted by Crippen LogP contribution is -2.35. The smallest absolute Gasteiger partial charge is 0.341 e. The molecule has 0 heterocycles. The Morgan fingerprint density at radius 2 is 1.83 bits per heavy atom. The number of carbonyl (C=O) groups excluding carboxylic acids is 1. The van der Waals surface area contributed by atoms with Gasteiger partial charge in [0, 0.05) is 12.3 Å². The summed E-state index contributed by atoms with van der Waals surface area (Å²) in [6.45, 7) is -0.295. The summed E-state index contributed by atoms with van der Waals surface area (Å²) in [4.78, 5) is 22.7. The van der Waals surface area contributed by atoms with Crippen LogP contribution in [-0.4, -0.2) is 23.5 Å². The number of hydrogen-bond donors (Lipinski definition) is 1. The summed E-state index contributed by atoms with van der Waals surface area (Å²) in [7, 11) is 0. The van der Waals surface area contributed by atoms with Crippen LogP contribution in [0.4, 0.5) is 0 Å². The van der Waals surface area contributed by atoms with Gasteiger partial charge < -0.3 is 9.84 Å². The fraction of sp³-hybridized carbons (Fsp3) is 0.579. The van der Waals surface area contributed by atoms with E-state index in [9.17, 15) is 9.59 Å². The molecule has 122 valence electrons. The van der Waals surface area contributed by atoms with Gasteiger partial charge in [0.05, 0.1) is 0 Å². The number of hydrogen-bond acceptors (Lipinski definition) is 3. The van der Waals surface area contributed by atoms with Gasteiger partial charge in [-0.15, -0.1) is 0 Å². The van der Waals surface area contributed by atoms with Gasteiger partial charge in [0.25, 0.3) is 0 Å². The second-order valence-corrected chi connectivity index (χ2v) is 7.20. The van der Waals surface area contributed by atoms with Crippen LogP contribution >= 0.6 is 0 Å². The molecule has 0 amide bonds. The molecule has 3 aliphatic rings. The molecule has 0 saturated heterocycles. The molecule has 4 heteroatoms. The van der Waals surface area contributed by atoms with Crippen LogP contribution in [0.2, 0.25) is 0 Å². The van der Waals surface area contributed by atoms with Crippen molar-refractivity contribution in [1.29, 1.82) is 0 Å². The Bertz CT molecular complexity index is 651. The van der Waals surface area contributed by atoms with E-state index in [0.29, 0.717) is 35.2 Å². The maximum absolute atomic E-state index is 12.0. The van der Waals surface area contributed by atoms with Crippen molar-refractivity contribution in [3.63, 3.8) is 0 Å². The number of carbonyl (C=O) groups is 2. The predicted molar refractivity (Wildman–Crippen MR) is 84.6 cm³/mol. The second-order valence-electron chi connectivity index (χ2n) is 7.20. The van der Waals surface area contributed by atoms with Crippen molar-refractivity contribution in [2.24, 2.45) is 17.8 Å². The molecular weight excluding hydrogens is 292 g/mol. The normalized spacial score (nSPS) is 31.9. The fourth-order valence-electron chi connectivity index (χ4n) is 5.21. The van der Waals surface area contributed by atoms with Crippen molar-refractivity contribution in [2.75, 3.05) is 6.61 Å².